The number of anilines is 2. The lowest BCUT2D eigenvalue weighted by molar-refractivity contribution is -0.138. The van der Waals surface area contributed by atoms with Crippen LogP contribution in [0.15, 0.2) is 63.5 Å². The minimum Gasteiger partial charge on any atom is -0.466 e. The minimum atomic E-state index is -1.73. The lowest BCUT2D eigenvalue weighted by atomic mass is 9.63. The summed E-state index contributed by atoms with van der Waals surface area (Å²) in [5.41, 5.74) is 8.14. The number of nitrogens with two attached hydrogens (primary N) is 1. The number of hydrogen-bond donors (Lipinski definition) is 2. The maximum absolute atomic E-state index is 13.8. The van der Waals surface area contributed by atoms with E-state index in [0.717, 1.165) is 5.56 Å². The van der Waals surface area contributed by atoms with Gasteiger partial charge in [-0.2, -0.15) is 0 Å². The molecular weight excluding hydrogens is 522 g/mol. The quantitative estimate of drug-likeness (QED) is 0.543. The number of nitrogens with zero attached hydrogens (tertiary/aromatic N) is 1. The number of esters is 1. The number of methoxy groups -OCH3 is 1. The fraction of sp³-hybridized carbons (Fsp3) is 0.240. The zero-order valence-electron chi connectivity index (χ0n) is 18.5. The van der Waals surface area contributed by atoms with Crippen molar-refractivity contribution < 1.29 is 19.1 Å². The minimum absolute atomic E-state index is 0.00836. The number of benzene rings is 2. The molecule has 1 unspecified atom stereocenters. The summed E-state index contributed by atoms with van der Waals surface area (Å²) >= 11 is 10.1. The Morgan fingerprint density at radius 2 is 1.97 bits per heavy atom. The predicted molar refractivity (Wildman–Crippen MR) is 132 cm³/mol. The Hall–Kier alpha value is -3.10. The summed E-state index contributed by atoms with van der Waals surface area (Å²) in [5, 5.41) is 3.26. The number of ether oxygens (including phenoxy) is 1. The summed E-state index contributed by atoms with van der Waals surface area (Å²) in [5.74, 6) is -1.51. The fourth-order valence-electron chi connectivity index (χ4n) is 5.25. The molecule has 0 fully saturated rings. The van der Waals surface area contributed by atoms with Gasteiger partial charge in [-0.1, -0.05) is 33.6 Å². The van der Waals surface area contributed by atoms with E-state index >= 15 is 0 Å². The molecule has 7 nitrogen and oxygen atoms in total. The molecule has 34 heavy (non-hydrogen) atoms. The van der Waals surface area contributed by atoms with Gasteiger partial charge in [-0.15, -0.1) is 0 Å². The maximum atomic E-state index is 13.8. The fourth-order valence-corrected chi connectivity index (χ4v) is 5.93. The molecule has 0 bridgehead atoms. The maximum Gasteiger partial charge on any atom is 0.339 e. The Bertz CT molecular complexity index is 1370. The van der Waals surface area contributed by atoms with E-state index in [1.54, 1.807) is 35.2 Å². The second kappa shape index (κ2) is 7.99. The van der Waals surface area contributed by atoms with Crippen LogP contribution in [0.1, 0.15) is 30.4 Å². The number of halogens is 2. The first-order valence-corrected chi connectivity index (χ1v) is 11.9. The third-order valence-corrected chi connectivity index (χ3v) is 7.41. The highest BCUT2D eigenvalue weighted by molar-refractivity contribution is 9.10. The van der Waals surface area contributed by atoms with Crippen LogP contribution >= 0.6 is 27.5 Å². The summed E-state index contributed by atoms with van der Waals surface area (Å²) in [6, 6.07) is 10.7. The molecule has 2 heterocycles. The topological polar surface area (TPSA) is 102 Å². The number of ketones is 1. The molecule has 2 aliphatic heterocycles. The van der Waals surface area contributed by atoms with Crippen LogP contribution in [-0.2, 0) is 24.5 Å². The van der Waals surface area contributed by atoms with Gasteiger partial charge in [0.25, 0.3) is 0 Å². The number of nitrogens with one attached hydrogen (secondary N) is 1. The Morgan fingerprint density at radius 3 is 2.68 bits per heavy atom. The zero-order chi connectivity index (χ0) is 24.4. The van der Waals surface area contributed by atoms with Crippen molar-refractivity contribution >= 4 is 56.6 Å². The third kappa shape index (κ3) is 2.98. The first-order chi connectivity index (χ1) is 16.2. The molecule has 5 rings (SSSR count). The summed E-state index contributed by atoms with van der Waals surface area (Å²) in [4.78, 5) is 42.3. The van der Waals surface area contributed by atoms with Gasteiger partial charge in [0, 0.05) is 33.4 Å². The van der Waals surface area contributed by atoms with Crippen LogP contribution in [0.2, 0.25) is 5.02 Å². The molecule has 0 aromatic heterocycles. The van der Waals surface area contributed by atoms with Crippen LogP contribution in [0.5, 0.6) is 0 Å². The van der Waals surface area contributed by atoms with E-state index in [1.807, 2.05) is 13.0 Å². The lowest BCUT2D eigenvalue weighted by Crippen LogP contribution is -2.53. The van der Waals surface area contributed by atoms with Gasteiger partial charge < -0.3 is 15.8 Å². The average molecular weight is 543 g/mol. The van der Waals surface area contributed by atoms with E-state index in [2.05, 4.69) is 21.2 Å². The van der Waals surface area contributed by atoms with Crippen LogP contribution < -0.4 is 16.0 Å². The van der Waals surface area contributed by atoms with Crippen LogP contribution in [-0.4, -0.2) is 24.8 Å². The van der Waals surface area contributed by atoms with Crippen LogP contribution in [0.25, 0.3) is 0 Å². The van der Waals surface area contributed by atoms with Crippen LogP contribution in [0.4, 0.5) is 11.4 Å². The number of carbonyl (C=O) groups is 3. The Balaban J connectivity index is 1.93. The summed E-state index contributed by atoms with van der Waals surface area (Å²) in [6.45, 7) is 1.91. The Morgan fingerprint density at radius 1 is 1.21 bits per heavy atom. The summed E-state index contributed by atoms with van der Waals surface area (Å²) in [6.07, 6.45) is 1.32. The van der Waals surface area contributed by atoms with Gasteiger partial charge in [0.15, 0.2) is 5.78 Å². The SMILES string of the molecule is COC(=O)C1=C(N)N(c2ccc(C)cc2Cl)C2=C(C(=O)CCC2)C12C(=O)Nc1ccc(Br)cc12. The van der Waals surface area contributed by atoms with Gasteiger partial charge >= 0.3 is 5.97 Å². The molecule has 1 spiro atoms. The van der Waals surface area contributed by atoms with E-state index in [4.69, 9.17) is 22.1 Å². The standard InChI is InChI=1S/C25H21BrClN3O4/c1-12-6-9-17(15(27)10-12)30-18-4-3-5-19(31)20(18)25(21(22(30)28)23(32)34-2)14-11-13(26)7-8-16(14)29-24(25)33/h6-11H,3-5,28H2,1-2H3,(H,29,33). The van der Waals surface area contributed by atoms with Gasteiger partial charge in [-0.05, 0) is 55.7 Å². The van der Waals surface area contributed by atoms with Crippen molar-refractivity contribution in [1.82, 2.24) is 0 Å². The molecule has 9 heteroatoms. The van der Waals surface area contributed by atoms with Crippen molar-refractivity contribution in [3.63, 3.8) is 0 Å². The molecule has 0 saturated heterocycles. The number of fused-ring (bicyclic) bond motifs is 3. The molecule has 2 aromatic rings. The highest BCUT2D eigenvalue weighted by atomic mass is 79.9. The lowest BCUT2D eigenvalue weighted by Gasteiger charge is -2.44. The largest absolute Gasteiger partial charge is 0.466 e. The number of allylic oxidation sites excluding steroid dienone is 1. The number of aryl methyl sites for hydroxylation is 1. The van der Waals surface area contributed by atoms with E-state index in [-0.39, 0.29) is 29.2 Å². The van der Waals surface area contributed by atoms with E-state index in [1.165, 1.54) is 7.11 Å². The molecule has 0 saturated carbocycles. The Kier molecular flexibility index (Phi) is 5.33. The van der Waals surface area contributed by atoms with E-state index < -0.39 is 17.3 Å². The van der Waals surface area contributed by atoms with Gasteiger partial charge in [-0.25, -0.2) is 4.79 Å². The molecule has 174 valence electrons. The second-order valence-electron chi connectivity index (χ2n) is 8.53. The molecule has 1 atom stereocenters. The number of hydrogen-bond acceptors (Lipinski definition) is 6. The molecule has 3 N–H and O–H groups in total. The number of carbonyl (C=O) groups excluding carboxylic acids is 3. The summed E-state index contributed by atoms with van der Waals surface area (Å²) < 4.78 is 5.82. The van der Waals surface area contributed by atoms with Gasteiger partial charge in [0.1, 0.15) is 16.8 Å². The van der Waals surface area contributed by atoms with Gasteiger partial charge in [-0.3, -0.25) is 14.5 Å². The predicted octanol–water partition coefficient (Wildman–Crippen LogP) is 4.47. The zero-order valence-corrected chi connectivity index (χ0v) is 20.8. The van der Waals surface area contributed by atoms with Crippen molar-refractivity contribution in [3.05, 3.63) is 79.7 Å². The molecule has 1 aliphatic carbocycles. The number of Topliss-reactive ketones (excluding diaryl/α,β-unsaturated/α-hetero) is 1. The highest BCUT2D eigenvalue weighted by Gasteiger charge is 2.62. The molecule has 1 amide bonds. The van der Waals surface area contributed by atoms with Gasteiger partial charge in [0.05, 0.1) is 17.8 Å². The van der Waals surface area contributed by atoms with Crippen molar-refractivity contribution in [2.45, 2.75) is 31.6 Å². The van der Waals surface area contributed by atoms with Crippen molar-refractivity contribution in [2.24, 2.45) is 5.73 Å². The van der Waals surface area contributed by atoms with Gasteiger partial charge in [0.2, 0.25) is 5.91 Å². The third-order valence-electron chi connectivity index (χ3n) is 6.61. The van der Waals surface area contributed by atoms with E-state index in [9.17, 15) is 14.4 Å². The molecule has 2 aromatic carbocycles. The van der Waals surface area contributed by atoms with Crippen molar-refractivity contribution in [2.75, 3.05) is 17.3 Å². The van der Waals surface area contributed by atoms with E-state index in [0.29, 0.717) is 45.0 Å². The second-order valence-corrected chi connectivity index (χ2v) is 9.86. The monoisotopic (exact) mass is 541 g/mol. The smallest absolute Gasteiger partial charge is 0.339 e. The average Bonchev–Trinajstić information content (AvgIpc) is 3.06. The number of rotatable bonds is 2. The first-order valence-electron chi connectivity index (χ1n) is 10.7. The molecule has 3 aliphatic rings. The Labute approximate surface area is 209 Å². The van der Waals surface area contributed by atoms with Crippen molar-refractivity contribution in [3.8, 4) is 0 Å². The first kappa shape index (κ1) is 22.7. The molecule has 0 radical (unpaired) electrons. The molecular formula is C25H21BrClN3O4. The summed E-state index contributed by atoms with van der Waals surface area (Å²) in [7, 11) is 1.22. The normalized spacial score (nSPS) is 21.6. The van der Waals surface area contributed by atoms with Crippen molar-refractivity contribution in [1.29, 1.82) is 0 Å². The highest BCUT2D eigenvalue weighted by Crippen LogP contribution is 2.56. The van der Waals surface area contributed by atoms with Crippen LogP contribution in [0, 0.1) is 6.92 Å². The number of amides is 1. The van der Waals surface area contributed by atoms with Crippen LogP contribution in [0.3, 0.4) is 0 Å².